The lowest BCUT2D eigenvalue weighted by atomic mass is 10.0. The Hall–Kier alpha value is -2.34. The number of hydrogen-bond donors (Lipinski definition) is 2. The number of halogens is 1. The molecule has 1 aromatic carbocycles. The van der Waals surface area contributed by atoms with Crippen molar-refractivity contribution in [1.29, 1.82) is 0 Å². The number of rotatable bonds is 6. The number of amides is 2. The largest absolute Gasteiger partial charge is 0.369 e. The molecule has 0 spiro atoms. The summed E-state index contributed by atoms with van der Waals surface area (Å²) in [5.74, 6) is -1.30. The maximum Gasteiger partial charge on any atom is 0.252 e. The van der Waals surface area contributed by atoms with Crippen LogP contribution in [0.1, 0.15) is 27.0 Å². The van der Waals surface area contributed by atoms with Gasteiger partial charge in [-0.05, 0) is 49.1 Å². The van der Waals surface area contributed by atoms with Gasteiger partial charge in [0.1, 0.15) is 0 Å². The first-order valence-electron chi connectivity index (χ1n) is 7.59. The normalized spacial score (nSPS) is 12.0. The highest BCUT2D eigenvalue weighted by molar-refractivity contribution is 6.34. The summed E-state index contributed by atoms with van der Waals surface area (Å²) in [5, 5.41) is 7.19. The van der Waals surface area contributed by atoms with E-state index in [1.54, 1.807) is 30.1 Å². The predicted octanol–water partition coefficient (Wildman–Crippen LogP) is 1.76. The van der Waals surface area contributed by atoms with Crippen LogP contribution in [-0.4, -0.2) is 28.1 Å². The molecule has 2 amide bonds. The summed E-state index contributed by atoms with van der Waals surface area (Å²) in [5.41, 5.74) is 8.72. The van der Waals surface area contributed by atoms with Crippen LogP contribution in [0.15, 0.2) is 24.5 Å². The van der Waals surface area contributed by atoms with Crippen LogP contribution in [0.2, 0.25) is 5.02 Å². The van der Waals surface area contributed by atoms with Gasteiger partial charge in [0.25, 0.3) is 5.91 Å². The first-order chi connectivity index (χ1) is 11.3. The molecule has 3 N–H and O–H groups in total. The Morgan fingerprint density at radius 1 is 1.33 bits per heavy atom. The molecule has 0 unspecified atom stereocenters. The molecule has 0 fully saturated rings. The summed E-state index contributed by atoms with van der Waals surface area (Å²) in [6.45, 7) is 3.99. The van der Waals surface area contributed by atoms with Crippen LogP contribution < -0.4 is 11.1 Å². The number of carbonyl (C=O) groups is 2. The van der Waals surface area contributed by atoms with Gasteiger partial charge in [0.05, 0.1) is 22.7 Å². The van der Waals surface area contributed by atoms with Crippen molar-refractivity contribution in [2.45, 2.75) is 20.3 Å². The maximum atomic E-state index is 12.3. The minimum absolute atomic E-state index is 0.145. The summed E-state index contributed by atoms with van der Waals surface area (Å²) in [6.07, 6.45) is 3.92. The highest BCUT2D eigenvalue weighted by Gasteiger charge is 2.19. The molecule has 6 nitrogen and oxygen atoms in total. The zero-order chi connectivity index (χ0) is 17.9. The summed E-state index contributed by atoms with van der Waals surface area (Å²) in [7, 11) is 1.80. The summed E-state index contributed by atoms with van der Waals surface area (Å²) < 4.78 is 1.65. The molecule has 24 heavy (non-hydrogen) atoms. The first kappa shape index (κ1) is 18.0. The van der Waals surface area contributed by atoms with Gasteiger partial charge in [-0.2, -0.15) is 5.10 Å². The average molecular weight is 349 g/mol. The van der Waals surface area contributed by atoms with Gasteiger partial charge in [0.2, 0.25) is 5.91 Å². The maximum absolute atomic E-state index is 12.3. The van der Waals surface area contributed by atoms with E-state index >= 15 is 0 Å². The fraction of sp³-hybridized carbons (Fsp3) is 0.353. The molecule has 1 aromatic heterocycles. The average Bonchev–Trinajstić information content (AvgIpc) is 2.91. The van der Waals surface area contributed by atoms with Gasteiger partial charge < -0.3 is 11.1 Å². The van der Waals surface area contributed by atoms with E-state index in [0.717, 1.165) is 16.7 Å². The lowest BCUT2D eigenvalue weighted by molar-refractivity contribution is -0.121. The molecule has 2 aromatic rings. The van der Waals surface area contributed by atoms with Crippen molar-refractivity contribution in [3.63, 3.8) is 0 Å². The Bertz CT molecular complexity index is 770. The summed E-state index contributed by atoms with van der Waals surface area (Å²) in [6, 6.07) is 3.50. The van der Waals surface area contributed by atoms with E-state index in [1.165, 1.54) is 0 Å². The molecule has 7 heteroatoms. The van der Waals surface area contributed by atoms with Crippen molar-refractivity contribution in [3.05, 3.63) is 51.8 Å². The molecular weight excluding hydrogens is 328 g/mol. The number of carbonyl (C=O) groups excluding carboxylic acids is 2. The number of benzene rings is 1. The van der Waals surface area contributed by atoms with Crippen molar-refractivity contribution < 1.29 is 9.59 Å². The minimum atomic E-state index is -0.511. The van der Waals surface area contributed by atoms with E-state index in [2.05, 4.69) is 10.4 Å². The summed E-state index contributed by atoms with van der Waals surface area (Å²) in [4.78, 5) is 24.0. The zero-order valence-electron chi connectivity index (χ0n) is 14.0. The van der Waals surface area contributed by atoms with Gasteiger partial charge >= 0.3 is 0 Å². The molecule has 0 saturated heterocycles. The van der Waals surface area contributed by atoms with Crippen molar-refractivity contribution in [1.82, 2.24) is 15.1 Å². The Morgan fingerprint density at radius 2 is 2.00 bits per heavy atom. The predicted molar refractivity (Wildman–Crippen MR) is 92.9 cm³/mol. The van der Waals surface area contributed by atoms with Crippen LogP contribution in [0.3, 0.4) is 0 Å². The van der Waals surface area contributed by atoms with Crippen LogP contribution in [0, 0.1) is 19.8 Å². The number of nitrogens with one attached hydrogen (secondary N) is 1. The van der Waals surface area contributed by atoms with E-state index < -0.39 is 11.8 Å². The van der Waals surface area contributed by atoms with Gasteiger partial charge in [-0.25, -0.2) is 0 Å². The molecule has 0 aliphatic rings. The molecule has 1 heterocycles. The van der Waals surface area contributed by atoms with Crippen LogP contribution in [-0.2, 0) is 18.3 Å². The van der Waals surface area contributed by atoms with E-state index in [0.29, 0.717) is 17.0 Å². The quantitative estimate of drug-likeness (QED) is 0.833. The lowest BCUT2D eigenvalue weighted by Gasteiger charge is -2.14. The molecule has 0 radical (unpaired) electrons. The van der Waals surface area contributed by atoms with Crippen LogP contribution in [0.25, 0.3) is 0 Å². The number of primary amides is 1. The molecular formula is C17H21ClN4O2. The highest BCUT2D eigenvalue weighted by atomic mass is 35.5. The second-order valence-corrected chi connectivity index (χ2v) is 6.36. The van der Waals surface area contributed by atoms with Crippen molar-refractivity contribution in [3.8, 4) is 0 Å². The second-order valence-electron chi connectivity index (χ2n) is 5.95. The molecule has 0 aliphatic heterocycles. The number of nitrogens with two attached hydrogens (primary N) is 1. The number of hydrogen-bond acceptors (Lipinski definition) is 3. The fourth-order valence-electron chi connectivity index (χ4n) is 2.40. The van der Waals surface area contributed by atoms with Gasteiger partial charge in [-0.1, -0.05) is 11.6 Å². The molecule has 0 saturated carbocycles. The van der Waals surface area contributed by atoms with E-state index in [-0.39, 0.29) is 12.5 Å². The van der Waals surface area contributed by atoms with E-state index in [4.69, 9.17) is 17.3 Å². The molecule has 0 aliphatic carbocycles. The Balaban J connectivity index is 2.05. The van der Waals surface area contributed by atoms with E-state index in [9.17, 15) is 9.59 Å². The second kappa shape index (κ2) is 7.49. The van der Waals surface area contributed by atoms with Crippen LogP contribution in [0.5, 0.6) is 0 Å². The Morgan fingerprint density at radius 3 is 2.58 bits per heavy atom. The molecule has 128 valence electrons. The first-order valence-corrected chi connectivity index (χ1v) is 7.97. The third-order valence-corrected chi connectivity index (χ3v) is 4.29. The highest BCUT2D eigenvalue weighted by Crippen LogP contribution is 2.21. The fourth-order valence-corrected chi connectivity index (χ4v) is 2.71. The standard InChI is InChI=1S/C17H21ClN4O2/c1-10-4-14(15(18)5-11(10)2)17(24)20-8-13(16(19)23)6-12-7-21-22(3)9-12/h4-5,7,9,13H,6,8H2,1-3H3,(H2,19,23)(H,20,24)/t13-/m1/s1. The van der Waals surface area contributed by atoms with Crippen molar-refractivity contribution >= 4 is 23.4 Å². The summed E-state index contributed by atoms with van der Waals surface area (Å²) >= 11 is 6.14. The van der Waals surface area contributed by atoms with Crippen molar-refractivity contribution in [2.75, 3.05) is 6.54 Å². The van der Waals surface area contributed by atoms with Crippen LogP contribution >= 0.6 is 11.6 Å². The van der Waals surface area contributed by atoms with E-state index in [1.807, 2.05) is 20.0 Å². The zero-order valence-corrected chi connectivity index (χ0v) is 14.7. The minimum Gasteiger partial charge on any atom is -0.369 e. The smallest absolute Gasteiger partial charge is 0.252 e. The van der Waals surface area contributed by atoms with Crippen LogP contribution in [0.4, 0.5) is 0 Å². The van der Waals surface area contributed by atoms with Gasteiger partial charge in [-0.15, -0.1) is 0 Å². The Kier molecular flexibility index (Phi) is 5.62. The molecule has 2 rings (SSSR count). The monoisotopic (exact) mass is 348 g/mol. The molecule has 0 bridgehead atoms. The van der Waals surface area contributed by atoms with Gasteiger partial charge in [0.15, 0.2) is 0 Å². The van der Waals surface area contributed by atoms with Gasteiger partial charge in [-0.3, -0.25) is 14.3 Å². The number of nitrogens with zero attached hydrogens (tertiary/aromatic N) is 2. The Labute approximate surface area is 146 Å². The van der Waals surface area contributed by atoms with Crippen molar-refractivity contribution in [2.24, 2.45) is 18.7 Å². The SMILES string of the molecule is Cc1cc(Cl)c(C(=O)NC[C@@H](Cc2cnn(C)c2)C(N)=O)cc1C. The van der Waals surface area contributed by atoms with Gasteiger partial charge in [0, 0.05) is 19.8 Å². The third-order valence-electron chi connectivity index (χ3n) is 3.98. The topological polar surface area (TPSA) is 90.0 Å². The number of aromatic nitrogens is 2. The lowest BCUT2D eigenvalue weighted by Crippen LogP contribution is -2.37. The third kappa shape index (κ3) is 4.35. The molecule has 1 atom stereocenters. The number of aryl methyl sites for hydroxylation is 3.